The minimum Gasteiger partial charge on any atom is -0.389 e. The third kappa shape index (κ3) is 6.38. The highest BCUT2D eigenvalue weighted by Crippen LogP contribution is 2.15. The number of hydrogen-bond acceptors (Lipinski definition) is 2. The Morgan fingerprint density at radius 1 is 1.29 bits per heavy atom. The number of rotatable bonds is 6. The molecule has 1 aromatic carbocycles. The van der Waals surface area contributed by atoms with Gasteiger partial charge in [-0.15, -0.1) is 0 Å². The van der Waals surface area contributed by atoms with Crippen molar-refractivity contribution < 1.29 is 5.11 Å². The Hall–Kier alpha value is -0.130. The second-order valence-electron chi connectivity index (χ2n) is 5.32. The van der Waals surface area contributed by atoms with E-state index in [1.807, 2.05) is 6.92 Å². The monoisotopic (exact) mass is 347 g/mol. The summed E-state index contributed by atoms with van der Waals surface area (Å²) in [7, 11) is 0. The lowest BCUT2D eigenvalue weighted by Crippen LogP contribution is -2.38. The van der Waals surface area contributed by atoms with Gasteiger partial charge in [0.05, 0.1) is 5.60 Å². The molecule has 0 saturated carbocycles. The van der Waals surface area contributed by atoms with Gasteiger partial charge >= 0.3 is 0 Å². The van der Waals surface area contributed by atoms with Gasteiger partial charge in [-0.1, -0.05) is 26.0 Å². The van der Waals surface area contributed by atoms with E-state index in [1.165, 1.54) is 9.13 Å². The van der Waals surface area contributed by atoms with Gasteiger partial charge in [0.1, 0.15) is 0 Å². The van der Waals surface area contributed by atoms with Crippen LogP contribution in [0.3, 0.4) is 0 Å². The van der Waals surface area contributed by atoms with Crippen molar-refractivity contribution in [3.05, 3.63) is 33.4 Å². The van der Waals surface area contributed by atoms with E-state index in [1.54, 1.807) is 0 Å². The summed E-state index contributed by atoms with van der Waals surface area (Å²) in [5, 5.41) is 13.5. The normalized spacial score (nSPS) is 14.9. The summed E-state index contributed by atoms with van der Waals surface area (Å²) < 4.78 is 1.25. The highest BCUT2D eigenvalue weighted by Gasteiger charge is 2.20. The maximum absolute atomic E-state index is 10.1. The van der Waals surface area contributed by atoms with Crippen LogP contribution in [0.2, 0.25) is 0 Å². The van der Waals surface area contributed by atoms with Gasteiger partial charge < -0.3 is 10.4 Å². The lowest BCUT2D eigenvalue weighted by molar-refractivity contribution is 0.0383. The van der Waals surface area contributed by atoms with Crippen LogP contribution in [0.15, 0.2) is 24.3 Å². The minimum absolute atomic E-state index is 0.519. The van der Waals surface area contributed by atoms with Crippen molar-refractivity contribution in [2.45, 2.75) is 39.3 Å². The van der Waals surface area contributed by atoms with Crippen molar-refractivity contribution in [3.63, 3.8) is 0 Å². The summed E-state index contributed by atoms with van der Waals surface area (Å²) >= 11 is 2.30. The lowest BCUT2D eigenvalue weighted by Gasteiger charge is -2.25. The van der Waals surface area contributed by atoms with E-state index in [0.717, 1.165) is 13.0 Å². The van der Waals surface area contributed by atoms with E-state index >= 15 is 0 Å². The Kier molecular flexibility index (Phi) is 5.89. The Morgan fingerprint density at radius 3 is 2.41 bits per heavy atom. The maximum atomic E-state index is 10.1. The molecule has 17 heavy (non-hydrogen) atoms. The van der Waals surface area contributed by atoms with Crippen molar-refractivity contribution in [1.82, 2.24) is 5.32 Å². The van der Waals surface area contributed by atoms with Crippen molar-refractivity contribution >= 4 is 22.6 Å². The first kappa shape index (κ1) is 14.9. The lowest BCUT2D eigenvalue weighted by atomic mass is 9.94. The van der Waals surface area contributed by atoms with Crippen molar-refractivity contribution in [3.8, 4) is 0 Å². The summed E-state index contributed by atoms with van der Waals surface area (Å²) in [4.78, 5) is 0. The summed E-state index contributed by atoms with van der Waals surface area (Å²) in [6.07, 6.45) is 0.826. The molecule has 0 fully saturated rings. The van der Waals surface area contributed by atoms with Crippen LogP contribution in [0.1, 0.15) is 32.8 Å². The summed E-state index contributed by atoms with van der Waals surface area (Å²) in [6.45, 7) is 7.61. The quantitative estimate of drug-likeness (QED) is 0.775. The van der Waals surface area contributed by atoms with E-state index in [0.29, 0.717) is 12.5 Å². The molecule has 3 heteroatoms. The topological polar surface area (TPSA) is 32.3 Å². The van der Waals surface area contributed by atoms with E-state index in [2.05, 4.69) is 66.0 Å². The summed E-state index contributed by atoms with van der Waals surface area (Å²) in [6, 6.07) is 8.44. The Bertz CT molecular complexity index is 333. The summed E-state index contributed by atoms with van der Waals surface area (Å²) in [5.74, 6) is 0.519. The first-order chi connectivity index (χ1) is 7.89. The fourth-order valence-corrected chi connectivity index (χ4v) is 2.39. The van der Waals surface area contributed by atoms with E-state index in [-0.39, 0.29) is 0 Å². The average molecular weight is 347 g/mol. The van der Waals surface area contributed by atoms with Crippen molar-refractivity contribution in [1.29, 1.82) is 0 Å². The molecule has 0 saturated heterocycles. The zero-order valence-corrected chi connectivity index (χ0v) is 13.0. The molecule has 0 radical (unpaired) electrons. The molecule has 2 nitrogen and oxygen atoms in total. The Balaban J connectivity index is 2.34. The standard InChI is InChI=1S/C14H22INO/c1-11(2)8-14(3,17)10-16-9-12-4-6-13(15)7-5-12/h4-7,11,16-17H,8-10H2,1-3H3. The van der Waals surface area contributed by atoms with Gasteiger partial charge in [0.25, 0.3) is 0 Å². The second kappa shape index (κ2) is 6.71. The molecule has 0 heterocycles. The van der Waals surface area contributed by atoms with E-state index in [9.17, 15) is 5.11 Å². The van der Waals surface area contributed by atoms with Crippen LogP contribution in [0, 0.1) is 9.49 Å². The molecule has 1 aromatic rings. The van der Waals surface area contributed by atoms with Crippen LogP contribution in [0.25, 0.3) is 0 Å². The van der Waals surface area contributed by atoms with Crippen LogP contribution in [-0.4, -0.2) is 17.3 Å². The smallest absolute Gasteiger partial charge is 0.0746 e. The Morgan fingerprint density at radius 2 is 1.88 bits per heavy atom. The minimum atomic E-state index is -0.614. The molecule has 0 spiro atoms. The molecule has 1 atom stereocenters. The number of halogens is 1. The highest BCUT2D eigenvalue weighted by molar-refractivity contribution is 14.1. The van der Waals surface area contributed by atoms with Crippen LogP contribution in [0.5, 0.6) is 0 Å². The van der Waals surface area contributed by atoms with Crippen LogP contribution < -0.4 is 5.32 Å². The molecule has 0 amide bonds. The van der Waals surface area contributed by atoms with Crippen LogP contribution in [-0.2, 0) is 6.54 Å². The van der Waals surface area contributed by atoms with Gasteiger partial charge in [-0.25, -0.2) is 0 Å². The molecule has 0 aliphatic heterocycles. The van der Waals surface area contributed by atoms with Crippen molar-refractivity contribution in [2.75, 3.05) is 6.54 Å². The third-order valence-electron chi connectivity index (χ3n) is 2.60. The molecule has 0 aromatic heterocycles. The first-order valence-corrected chi connectivity index (χ1v) is 7.14. The molecule has 2 N–H and O–H groups in total. The van der Waals surface area contributed by atoms with Crippen LogP contribution in [0.4, 0.5) is 0 Å². The maximum Gasteiger partial charge on any atom is 0.0746 e. The number of aliphatic hydroxyl groups is 1. The SMILES string of the molecule is CC(C)CC(C)(O)CNCc1ccc(I)cc1. The third-order valence-corrected chi connectivity index (χ3v) is 3.32. The van der Waals surface area contributed by atoms with E-state index < -0.39 is 5.60 Å². The fraction of sp³-hybridized carbons (Fsp3) is 0.571. The van der Waals surface area contributed by atoms with Crippen molar-refractivity contribution in [2.24, 2.45) is 5.92 Å². The van der Waals surface area contributed by atoms with Gasteiger partial charge in [-0.2, -0.15) is 0 Å². The predicted molar refractivity (Wildman–Crippen MR) is 80.9 cm³/mol. The highest BCUT2D eigenvalue weighted by atomic mass is 127. The largest absolute Gasteiger partial charge is 0.389 e. The molecule has 0 aliphatic carbocycles. The van der Waals surface area contributed by atoms with Gasteiger partial charge in [0.2, 0.25) is 0 Å². The molecule has 0 aliphatic rings. The molecule has 96 valence electrons. The average Bonchev–Trinajstić information content (AvgIpc) is 2.18. The molecule has 0 bridgehead atoms. The second-order valence-corrected chi connectivity index (χ2v) is 6.57. The van der Waals surface area contributed by atoms with Gasteiger partial charge in [-0.3, -0.25) is 0 Å². The van der Waals surface area contributed by atoms with Crippen LogP contribution >= 0.6 is 22.6 Å². The van der Waals surface area contributed by atoms with Gasteiger partial charge in [0.15, 0.2) is 0 Å². The first-order valence-electron chi connectivity index (χ1n) is 6.06. The molecule has 1 rings (SSSR count). The Labute approximate surface area is 118 Å². The molecular formula is C14H22INO. The molecular weight excluding hydrogens is 325 g/mol. The fourth-order valence-electron chi connectivity index (χ4n) is 2.03. The summed E-state index contributed by atoms with van der Waals surface area (Å²) in [5.41, 5.74) is 0.642. The number of nitrogens with one attached hydrogen (secondary N) is 1. The zero-order valence-electron chi connectivity index (χ0n) is 10.8. The van der Waals surface area contributed by atoms with Gasteiger partial charge in [-0.05, 0) is 59.5 Å². The van der Waals surface area contributed by atoms with E-state index in [4.69, 9.17) is 0 Å². The number of hydrogen-bond donors (Lipinski definition) is 2. The molecule has 1 unspecified atom stereocenters. The predicted octanol–water partition coefficient (Wildman–Crippen LogP) is 3.18. The number of benzene rings is 1. The van der Waals surface area contributed by atoms with Gasteiger partial charge in [0, 0.05) is 16.7 Å². The zero-order chi connectivity index (χ0) is 12.9.